The molecule has 0 spiro atoms. The highest BCUT2D eigenvalue weighted by Gasteiger charge is 2.54. The first kappa shape index (κ1) is 44.8. The Labute approximate surface area is 370 Å². The molecule has 0 aromatic heterocycles. The first-order valence-electron chi connectivity index (χ1n) is 26.2. The van der Waals surface area contributed by atoms with Crippen molar-refractivity contribution in [3.8, 4) is 0 Å². The lowest BCUT2D eigenvalue weighted by molar-refractivity contribution is 0.0499. The van der Waals surface area contributed by atoms with Gasteiger partial charge in [0.15, 0.2) is 0 Å². The van der Waals surface area contributed by atoms with Crippen LogP contribution in [0.3, 0.4) is 0 Å². The van der Waals surface area contributed by atoms with Crippen molar-refractivity contribution in [3.63, 3.8) is 0 Å². The maximum absolute atomic E-state index is 2.92. The van der Waals surface area contributed by atoms with Gasteiger partial charge < -0.3 is 0 Å². The standard InChI is InChI=1S/C51H95N9/c1-32(2)34-14-16-36(52(34)5)38-18-20-40(54(38)7)42-22-24-44(56(42)9)46-26-28-48(58(46)11)50-30-31-51(60(50)13)49-29-27-47(59(49)12)45-25-23-43(57(45)10)41-21-19-39(55(41)8)37-17-15-35(33(3)4)53(37)6/h32-51H,14-31H2,1-13H3. The van der Waals surface area contributed by atoms with Crippen LogP contribution in [0.15, 0.2) is 0 Å². The second-order valence-corrected chi connectivity index (χ2v) is 23.9. The van der Waals surface area contributed by atoms with Crippen molar-refractivity contribution >= 4 is 0 Å². The number of rotatable bonds is 10. The van der Waals surface area contributed by atoms with E-state index in [0.717, 1.165) is 72.3 Å². The largest absolute Gasteiger partial charge is 0.299 e. The van der Waals surface area contributed by atoms with Gasteiger partial charge in [-0.05, 0) is 191 Å². The summed E-state index contributed by atoms with van der Waals surface area (Å²) in [5, 5.41) is 0. The first-order chi connectivity index (χ1) is 28.7. The van der Waals surface area contributed by atoms with Crippen LogP contribution in [0.1, 0.15) is 143 Å². The summed E-state index contributed by atoms with van der Waals surface area (Å²) in [6, 6.07) is 13.1. The van der Waals surface area contributed by atoms with E-state index < -0.39 is 0 Å². The molecule has 9 fully saturated rings. The Bertz CT molecular complexity index is 1340. The normalized spacial score (nSPS) is 49.2. The van der Waals surface area contributed by atoms with E-state index in [0.29, 0.717) is 48.3 Å². The van der Waals surface area contributed by atoms with Gasteiger partial charge in [-0.3, -0.25) is 44.1 Å². The topological polar surface area (TPSA) is 29.2 Å². The van der Waals surface area contributed by atoms with Gasteiger partial charge >= 0.3 is 0 Å². The summed E-state index contributed by atoms with van der Waals surface area (Å²) in [5.41, 5.74) is 0. The molecule has 18 atom stereocenters. The highest BCUT2D eigenvalue weighted by atomic mass is 15.4. The van der Waals surface area contributed by atoms with Crippen LogP contribution in [0.5, 0.6) is 0 Å². The molecule has 9 heterocycles. The maximum atomic E-state index is 2.92. The molecule has 0 saturated carbocycles. The Kier molecular flexibility index (Phi) is 13.3. The fourth-order valence-corrected chi connectivity index (χ4v) is 18.0. The highest BCUT2D eigenvalue weighted by Crippen LogP contribution is 2.46. The number of hydrogen-bond donors (Lipinski definition) is 0. The molecule has 0 N–H and O–H groups in total. The Morgan fingerprint density at radius 2 is 0.317 bits per heavy atom. The van der Waals surface area contributed by atoms with Gasteiger partial charge in [0, 0.05) is 109 Å². The molecule has 0 aromatic rings. The van der Waals surface area contributed by atoms with Crippen molar-refractivity contribution in [1.29, 1.82) is 0 Å². The van der Waals surface area contributed by atoms with Crippen molar-refractivity contribution in [2.45, 2.75) is 252 Å². The monoisotopic (exact) mass is 834 g/mol. The molecule has 9 nitrogen and oxygen atoms in total. The van der Waals surface area contributed by atoms with Gasteiger partial charge in [0.1, 0.15) is 0 Å². The predicted octanol–water partition coefficient (Wildman–Crippen LogP) is 6.46. The van der Waals surface area contributed by atoms with Gasteiger partial charge in [-0.15, -0.1) is 0 Å². The number of hydrogen-bond acceptors (Lipinski definition) is 9. The molecule has 9 rings (SSSR count). The third-order valence-electron chi connectivity index (χ3n) is 21.3. The average Bonchev–Trinajstić information content (AvgIpc) is 4.08. The summed E-state index contributed by atoms with van der Waals surface area (Å²) in [6.45, 7) is 9.72. The van der Waals surface area contributed by atoms with E-state index in [1.807, 2.05) is 0 Å². The van der Waals surface area contributed by atoms with Crippen molar-refractivity contribution in [2.24, 2.45) is 11.8 Å². The second-order valence-electron chi connectivity index (χ2n) is 23.9. The lowest BCUT2D eigenvalue weighted by atomic mass is 10.0. The Morgan fingerprint density at radius 3 is 0.433 bits per heavy atom. The minimum atomic E-state index is 0.707. The van der Waals surface area contributed by atoms with Crippen LogP contribution in [0.4, 0.5) is 0 Å². The van der Waals surface area contributed by atoms with E-state index in [-0.39, 0.29) is 0 Å². The molecule has 18 unspecified atom stereocenters. The van der Waals surface area contributed by atoms with Crippen LogP contribution >= 0.6 is 0 Å². The third kappa shape index (κ3) is 7.54. The highest BCUT2D eigenvalue weighted by molar-refractivity contribution is 5.11. The van der Waals surface area contributed by atoms with Crippen molar-refractivity contribution in [2.75, 3.05) is 63.4 Å². The van der Waals surface area contributed by atoms with E-state index >= 15 is 0 Å². The van der Waals surface area contributed by atoms with Gasteiger partial charge in [0.2, 0.25) is 0 Å². The number of nitrogens with zero attached hydrogens (tertiary/aromatic N) is 9. The second kappa shape index (κ2) is 17.8. The molecule has 344 valence electrons. The molecule has 0 aliphatic carbocycles. The van der Waals surface area contributed by atoms with Crippen molar-refractivity contribution in [3.05, 3.63) is 0 Å². The Balaban J connectivity index is 0.770. The van der Waals surface area contributed by atoms with E-state index in [2.05, 4.69) is 135 Å². The number of likely N-dealkylation sites (N-methyl/N-ethyl adjacent to an activating group) is 9. The van der Waals surface area contributed by atoms with Gasteiger partial charge in [0.05, 0.1) is 0 Å². The van der Waals surface area contributed by atoms with Gasteiger partial charge in [0.25, 0.3) is 0 Å². The van der Waals surface area contributed by atoms with E-state index in [9.17, 15) is 0 Å². The zero-order chi connectivity index (χ0) is 42.5. The van der Waals surface area contributed by atoms with Crippen LogP contribution in [0.2, 0.25) is 0 Å². The SMILES string of the molecule is CC(C)C1CCC(C2CCC(C3CCC(C4CCC(C5CCC(C6CCC(C7CCC(C8CCC(C9CCC(C(C)C)N9C)N8C)N7C)N6C)N5C)N4C)N3C)N2C)N1C. The quantitative estimate of drug-likeness (QED) is 0.246. The summed E-state index contributed by atoms with van der Waals surface area (Å²) in [6.07, 6.45) is 25.0. The summed E-state index contributed by atoms with van der Waals surface area (Å²) >= 11 is 0. The molecule has 0 radical (unpaired) electrons. The fraction of sp³-hybridized carbons (Fsp3) is 1.00. The molecule has 9 saturated heterocycles. The molecular weight excluding hydrogens is 739 g/mol. The maximum Gasteiger partial charge on any atom is 0.0252 e. The summed E-state index contributed by atoms with van der Waals surface area (Å²) in [7, 11) is 22.5. The van der Waals surface area contributed by atoms with Crippen LogP contribution in [0.25, 0.3) is 0 Å². The predicted molar refractivity (Wildman–Crippen MR) is 251 cm³/mol. The van der Waals surface area contributed by atoms with Crippen LogP contribution in [-0.4, -0.2) is 216 Å². The first-order valence-corrected chi connectivity index (χ1v) is 26.2. The summed E-state index contributed by atoms with van der Waals surface area (Å²) in [4.78, 5) is 25.9. The van der Waals surface area contributed by atoms with Crippen LogP contribution in [-0.2, 0) is 0 Å². The van der Waals surface area contributed by atoms with Crippen LogP contribution in [0, 0.1) is 11.8 Å². The Hall–Kier alpha value is -0.360. The number of likely N-dealkylation sites (tertiary alicyclic amines) is 9. The lowest BCUT2D eigenvalue weighted by Crippen LogP contribution is -2.56. The van der Waals surface area contributed by atoms with E-state index in [4.69, 9.17) is 0 Å². The molecule has 0 bridgehead atoms. The van der Waals surface area contributed by atoms with E-state index in [1.165, 1.54) is 116 Å². The lowest BCUT2D eigenvalue weighted by Gasteiger charge is -2.42. The molecule has 9 aliphatic heterocycles. The zero-order valence-corrected chi connectivity index (χ0v) is 41.3. The van der Waals surface area contributed by atoms with Crippen molar-refractivity contribution in [1.82, 2.24) is 44.1 Å². The molecule has 0 aromatic carbocycles. The zero-order valence-electron chi connectivity index (χ0n) is 41.3. The molecule has 60 heavy (non-hydrogen) atoms. The van der Waals surface area contributed by atoms with Gasteiger partial charge in [-0.1, -0.05) is 27.7 Å². The summed E-state index contributed by atoms with van der Waals surface area (Å²) < 4.78 is 0. The third-order valence-corrected chi connectivity index (χ3v) is 21.3. The van der Waals surface area contributed by atoms with E-state index in [1.54, 1.807) is 0 Å². The fourth-order valence-electron chi connectivity index (χ4n) is 18.0. The van der Waals surface area contributed by atoms with Crippen LogP contribution < -0.4 is 0 Å². The summed E-state index contributed by atoms with van der Waals surface area (Å²) in [5.74, 6) is 1.53. The van der Waals surface area contributed by atoms with Gasteiger partial charge in [-0.2, -0.15) is 0 Å². The molecule has 0 amide bonds. The average molecular weight is 834 g/mol. The Morgan fingerprint density at radius 1 is 0.200 bits per heavy atom. The minimum absolute atomic E-state index is 0.707. The van der Waals surface area contributed by atoms with Gasteiger partial charge in [-0.25, -0.2) is 0 Å². The molecule has 9 heteroatoms. The molecule has 9 aliphatic rings. The van der Waals surface area contributed by atoms with Crippen molar-refractivity contribution < 1.29 is 0 Å². The minimum Gasteiger partial charge on any atom is -0.299 e. The smallest absolute Gasteiger partial charge is 0.0252 e. The molecular formula is C51H95N9.